The van der Waals surface area contributed by atoms with E-state index in [4.69, 9.17) is 19.7 Å². The van der Waals surface area contributed by atoms with Crippen molar-refractivity contribution in [3.63, 3.8) is 0 Å². The van der Waals surface area contributed by atoms with Crippen LogP contribution in [0.4, 0.5) is 0 Å². The Labute approximate surface area is 89.1 Å². The predicted octanol–water partition coefficient (Wildman–Crippen LogP) is 0.565. The van der Waals surface area contributed by atoms with Gasteiger partial charge in [0.05, 0.1) is 26.9 Å². The second-order valence-corrected chi connectivity index (χ2v) is 3.20. The molecule has 2 N–H and O–H groups in total. The van der Waals surface area contributed by atoms with Gasteiger partial charge in [0.1, 0.15) is 11.9 Å². The Kier molecular flexibility index (Phi) is 5.10. The number of methoxy groups -OCH3 is 1. The monoisotopic (exact) mass is 212 g/mol. The number of hydrogen-bond acceptors (Lipinski definition) is 4. The number of ether oxygens (including phenoxy) is 2. The Balaban J connectivity index is 2.37. The van der Waals surface area contributed by atoms with Crippen molar-refractivity contribution >= 4 is 0 Å². The fourth-order valence-electron chi connectivity index (χ4n) is 1.13. The lowest BCUT2D eigenvalue weighted by molar-refractivity contribution is -0.00000664. The first kappa shape index (κ1) is 12.0. The van der Waals surface area contributed by atoms with E-state index < -0.39 is 6.10 Å². The van der Waals surface area contributed by atoms with Gasteiger partial charge < -0.3 is 19.7 Å². The fraction of sp³-hybridized carbons (Fsp3) is 0.455. The summed E-state index contributed by atoms with van der Waals surface area (Å²) in [6.07, 6.45) is -0.810. The van der Waals surface area contributed by atoms with E-state index in [9.17, 15) is 0 Å². The molecule has 4 heteroatoms. The van der Waals surface area contributed by atoms with Crippen LogP contribution in [0.5, 0.6) is 5.75 Å². The molecule has 0 saturated carbocycles. The molecule has 0 amide bonds. The van der Waals surface area contributed by atoms with Gasteiger partial charge in [-0.25, -0.2) is 0 Å². The van der Waals surface area contributed by atoms with Crippen molar-refractivity contribution in [1.82, 2.24) is 0 Å². The number of aliphatic hydroxyl groups excluding tert-OH is 2. The lowest BCUT2D eigenvalue weighted by Crippen LogP contribution is -2.19. The fourth-order valence-corrected chi connectivity index (χ4v) is 1.13. The second kappa shape index (κ2) is 6.40. The maximum Gasteiger partial charge on any atom is 0.119 e. The maximum atomic E-state index is 9.04. The minimum atomic E-state index is -0.810. The quantitative estimate of drug-likeness (QED) is 0.723. The van der Waals surface area contributed by atoms with Crippen LogP contribution in [0, 0.1) is 0 Å². The van der Waals surface area contributed by atoms with E-state index in [1.807, 2.05) is 24.3 Å². The Morgan fingerprint density at radius 3 is 2.87 bits per heavy atom. The number of hydrogen-bond donors (Lipinski definition) is 2. The summed E-state index contributed by atoms with van der Waals surface area (Å²) in [6.45, 7) is 0.250. The van der Waals surface area contributed by atoms with Crippen LogP contribution < -0.4 is 4.74 Å². The number of benzene rings is 1. The molecule has 0 radical (unpaired) electrons. The van der Waals surface area contributed by atoms with E-state index in [0.717, 1.165) is 11.3 Å². The summed E-state index contributed by atoms with van der Waals surface area (Å²) < 4.78 is 10.3. The van der Waals surface area contributed by atoms with E-state index in [-0.39, 0.29) is 13.2 Å². The molecule has 15 heavy (non-hydrogen) atoms. The molecular formula is C11H16O4. The van der Waals surface area contributed by atoms with Crippen LogP contribution in [0.2, 0.25) is 0 Å². The summed E-state index contributed by atoms with van der Waals surface area (Å²) >= 11 is 0. The minimum Gasteiger partial charge on any atom is -0.497 e. The molecule has 1 aromatic rings. The summed E-state index contributed by atoms with van der Waals surface area (Å²) in [5.41, 5.74) is 0.972. The first-order valence-electron chi connectivity index (χ1n) is 4.76. The third kappa shape index (κ3) is 4.29. The maximum absolute atomic E-state index is 9.04. The standard InChI is InChI=1S/C11H16O4/c1-14-11-4-2-3-9(5-11)7-15-8-10(13)6-12/h2-5,10,12-13H,6-8H2,1H3/t10-/m0/s1. The molecular weight excluding hydrogens is 196 g/mol. The average Bonchev–Trinajstić information content (AvgIpc) is 2.29. The first-order valence-corrected chi connectivity index (χ1v) is 4.76. The lowest BCUT2D eigenvalue weighted by Gasteiger charge is -2.08. The average molecular weight is 212 g/mol. The Bertz CT molecular complexity index is 288. The topological polar surface area (TPSA) is 58.9 Å². The van der Waals surface area contributed by atoms with Crippen LogP contribution >= 0.6 is 0 Å². The lowest BCUT2D eigenvalue weighted by atomic mass is 10.2. The van der Waals surface area contributed by atoms with Crippen molar-refractivity contribution in [1.29, 1.82) is 0 Å². The van der Waals surface area contributed by atoms with E-state index in [1.54, 1.807) is 7.11 Å². The van der Waals surface area contributed by atoms with Gasteiger partial charge in [-0.1, -0.05) is 12.1 Å². The van der Waals surface area contributed by atoms with Gasteiger partial charge in [0, 0.05) is 0 Å². The summed E-state index contributed by atoms with van der Waals surface area (Å²) in [7, 11) is 1.61. The summed E-state index contributed by atoms with van der Waals surface area (Å²) in [4.78, 5) is 0. The van der Waals surface area contributed by atoms with Gasteiger partial charge in [-0.2, -0.15) is 0 Å². The zero-order valence-electron chi connectivity index (χ0n) is 8.72. The summed E-state index contributed by atoms with van der Waals surface area (Å²) in [6, 6.07) is 7.51. The molecule has 0 aliphatic rings. The number of aliphatic hydroxyl groups is 2. The minimum absolute atomic E-state index is 0.133. The largest absolute Gasteiger partial charge is 0.497 e. The normalized spacial score (nSPS) is 12.5. The van der Waals surface area contributed by atoms with Gasteiger partial charge in [-0.3, -0.25) is 0 Å². The van der Waals surface area contributed by atoms with Crippen LogP contribution in [-0.4, -0.2) is 36.6 Å². The Morgan fingerprint density at radius 1 is 1.40 bits per heavy atom. The molecule has 0 spiro atoms. The third-order valence-corrected chi connectivity index (χ3v) is 1.92. The van der Waals surface area contributed by atoms with Crippen molar-refractivity contribution in [3.8, 4) is 5.75 Å². The van der Waals surface area contributed by atoms with Crippen molar-refractivity contribution in [2.45, 2.75) is 12.7 Å². The van der Waals surface area contributed by atoms with E-state index in [2.05, 4.69) is 0 Å². The summed E-state index contributed by atoms with van der Waals surface area (Å²) in [5.74, 6) is 0.777. The molecule has 0 bridgehead atoms. The van der Waals surface area contributed by atoms with Gasteiger partial charge in [0.2, 0.25) is 0 Å². The molecule has 0 aliphatic heterocycles. The van der Waals surface area contributed by atoms with Crippen molar-refractivity contribution in [2.24, 2.45) is 0 Å². The van der Waals surface area contributed by atoms with E-state index in [1.165, 1.54) is 0 Å². The van der Waals surface area contributed by atoms with Gasteiger partial charge in [0.25, 0.3) is 0 Å². The second-order valence-electron chi connectivity index (χ2n) is 3.20. The molecule has 4 nitrogen and oxygen atoms in total. The highest BCUT2D eigenvalue weighted by Crippen LogP contribution is 2.13. The van der Waals surface area contributed by atoms with Crippen LogP contribution in [0.15, 0.2) is 24.3 Å². The summed E-state index contributed by atoms with van der Waals surface area (Å²) in [5, 5.41) is 17.6. The highest BCUT2D eigenvalue weighted by molar-refractivity contribution is 5.27. The highest BCUT2D eigenvalue weighted by Gasteiger charge is 2.02. The van der Waals surface area contributed by atoms with Gasteiger partial charge in [0.15, 0.2) is 0 Å². The van der Waals surface area contributed by atoms with Crippen LogP contribution in [0.1, 0.15) is 5.56 Å². The van der Waals surface area contributed by atoms with E-state index in [0.29, 0.717) is 6.61 Å². The highest BCUT2D eigenvalue weighted by atomic mass is 16.5. The molecule has 0 heterocycles. The van der Waals surface area contributed by atoms with E-state index >= 15 is 0 Å². The predicted molar refractivity (Wildman–Crippen MR) is 55.7 cm³/mol. The molecule has 1 aromatic carbocycles. The van der Waals surface area contributed by atoms with Crippen molar-refractivity contribution in [3.05, 3.63) is 29.8 Å². The molecule has 0 unspecified atom stereocenters. The van der Waals surface area contributed by atoms with Gasteiger partial charge in [-0.15, -0.1) is 0 Å². The van der Waals surface area contributed by atoms with Crippen LogP contribution in [0.3, 0.4) is 0 Å². The Morgan fingerprint density at radius 2 is 2.20 bits per heavy atom. The number of rotatable bonds is 6. The zero-order chi connectivity index (χ0) is 11.1. The van der Waals surface area contributed by atoms with Gasteiger partial charge >= 0.3 is 0 Å². The zero-order valence-corrected chi connectivity index (χ0v) is 8.72. The van der Waals surface area contributed by atoms with Gasteiger partial charge in [-0.05, 0) is 17.7 Å². The molecule has 0 aliphatic carbocycles. The van der Waals surface area contributed by atoms with Crippen molar-refractivity contribution < 1.29 is 19.7 Å². The van der Waals surface area contributed by atoms with Crippen molar-refractivity contribution in [2.75, 3.05) is 20.3 Å². The molecule has 1 rings (SSSR count). The first-order chi connectivity index (χ1) is 7.26. The molecule has 84 valence electrons. The van der Waals surface area contributed by atoms with Crippen LogP contribution in [0.25, 0.3) is 0 Å². The van der Waals surface area contributed by atoms with Crippen LogP contribution in [-0.2, 0) is 11.3 Å². The third-order valence-electron chi connectivity index (χ3n) is 1.92. The smallest absolute Gasteiger partial charge is 0.119 e. The molecule has 0 saturated heterocycles. The molecule has 1 atom stereocenters. The molecule has 0 fully saturated rings. The molecule has 0 aromatic heterocycles. The Hall–Kier alpha value is -1.10. The SMILES string of the molecule is COc1cccc(COC[C@@H](O)CO)c1.